The van der Waals surface area contributed by atoms with E-state index in [1.165, 1.54) is 18.1 Å². The molecular weight excluding hydrogens is 358 g/mol. The summed E-state index contributed by atoms with van der Waals surface area (Å²) in [5.41, 5.74) is 4.26. The van der Waals surface area contributed by atoms with Crippen LogP contribution in [0.15, 0.2) is 23.2 Å². The predicted molar refractivity (Wildman–Crippen MR) is 109 cm³/mol. The zero-order valence-corrected chi connectivity index (χ0v) is 16.4. The summed E-state index contributed by atoms with van der Waals surface area (Å²) in [6.07, 6.45) is 1.22. The van der Waals surface area contributed by atoms with Gasteiger partial charge in [-0.3, -0.25) is 20.4 Å². The van der Waals surface area contributed by atoms with E-state index < -0.39 is 6.29 Å². The second-order valence-corrected chi connectivity index (χ2v) is 7.14. The molecule has 0 saturated heterocycles. The summed E-state index contributed by atoms with van der Waals surface area (Å²) in [5, 5.41) is 18.4. The van der Waals surface area contributed by atoms with Crippen molar-refractivity contribution in [3.63, 3.8) is 0 Å². The van der Waals surface area contributed by atoms with E-state index >= 15 is 0 Å². The molecule has 1 aromatic rings. The van der Waals surface area contributed by atoms with Crippen molar-refractivity contribution in [3.8, 4) is 0 Å². The van der Waals surface area contributed by atoms with E-state index in [9.17, 15) is 9.59 Å². The number of carbonyl (C=O) groups is 2. The van der Waals surface area contributed by atoms with Crippen molar-refractivity contribution in [2.24, 2.45) is 4.99 Å². The van der Waals surface area contributed by atoms with Crippen LogP contribution < -0.4 is 31.9 Å². The number of rotatable bonds is 6. The van der Waals surface area contributed by atoms with Crippen LogP contribution in [-0.4, -0.2) is 49.7 Å². The topological polar surface area (TPSA) is 119 Å². The molecule has 0 saturated carbocycles. The van der Waals surface area contributed by atoms with E-state index in [1.54, 1.807) is 0 Å². The van der Waals surface area contributed by atoms with Gasteiger partial charge in [-0.15, -0.1) is 0 Å². The van der Waals surface area contributed by atoms with Crippen LogP contribution in [-0.2, 0) is 17.8 Å². The molecule has 2 heterocycles. The van der Waals surface area contributed by atoms with Gasteiger partial charge in [-0.05, 0) is 43.1 Å². The van der Waals surface area contributed by atoms with E-state index in [2.05, 4.69) is 43.0 Å². The molecule has 0 radical (unpaired) electrons. The second-order valence-electron chi connectivity index (χ2n) is 7.14. The molecule has 3 rings (SSSR count). The minimum absolute atomic E-state index is 0.0219. The quantitative estimate of drug-likeness (QED) is 0.391. The van der Waals surface area contributed by atoms with Crippen molar-refractivity contribution in [2.75, 3.05) is 25.0 Å². The molecule has 0 aromatic heterocycles. The van der Waals surface area contributed by atoms with Gasteiger partial charge in [-0.2, -0.15) is 0 Å². The van der Waals surface area contributed by atoms with Gasteiger partial charge in [0.25, 0.3) is 0 Å². The zero-order valence-electron chi connectivity index (χ0n) is 16.4. The lowest BCUT2D eigenvalue weighted by Gasteiger charge is -2.30. The number of fused-ring (bicyclic) bond motifs is 1. The first kappa shape index (κ1) is 20.2. The third-order valence-corrected chi connectivity index (χ3v) is 4.72. The van der Waals surface area contributed by atoms with E-state index in [0.29, 0.717) is 13.1 Å². The van der Waals surface area contributed by atoms with Gasteiger partial charge in [0.05, 0.1) is 6.17 Å². The molecule has 2 atom stereocenters. The number of carbonyl (C=O) groups excluding carboxylic acids is 2. The van der Waals surface area contributed by atoms with Gasteiger partial charge in [0.15, 0.2) is 6.29 Å². The molecule has 1 aromatic carbocycles. The first-order valence-corrected chi connectivity index (χ1v) is 9.67. The Balaban J connectivity index is 1.49. The number of anilines is 1. The molecule has 0 fully saturated rings. The van der Waals surface area contributed by atoms with Gasteiger partial charge >= 0.3 is 6.03 Å². The Morgan fingerprint density at radius 3 is 2.93 bits per heavy atom. The Hall–Kier alpha value is -2.49. The van der Waals surface area contributed by atoms with Crippen LogP contribution in [0.25, 0.3) is 0 Å². The highest BCUT2D eigenvalue weighted by molar-refractivity contribution is 5.90. The van der Waals surface area contributed by atoms with Crippen LogP contribution >= 0.6 is 0 Å². The smallest absolute Gasteiger partial charge is 0.321 e. The van der Waals surface area contributed by atoms with Crippen molar-refractivity contribution >= 4 is 23.3 Å². The van der Waals surface area contributed by atoms with Gasteiger partial charge in [0.2, 0.25) is 5.91 Å². The minimum Gasteiger partial charge on any atom is -0.355 e. The largest absolute Gasteiger partial charge is 0.355 e. The molecule has 9 heteroatoms. The molecule has 152 valence electrons. The molecule has 2 aliphatic rings. The van der Waals surface area contributed by atoms with Crippen LogP contribution in [0.2, 0.25) is 0 Å². The second kappa shape index (κ2) is 9.63. The molecule has 2 unspecified atom stereocenters. The highest BCUT2D eigenvalue weighted by atomic mass is 16.2. The third kappa shape index (κ3) is 6.01. The van der Waals surface area contributed by atoms with Gasteiger partial charge < -0.3 is 21.3 Å². The monoisotopic (exact) mass is 387 g/mol. The van der Waals surface area contributed by atoms with Crippen molar-refractivity contribution in [3.05, 3.63) is 29.3 Å². The summed E-state index contributed by atoms with van der Waals surface area (Å²) in [4.78, 5) is 27.8. The lowest BCUT2D eigenvalue weighted by atomic mass is 10.0. The number of hydrogen-bond donors (Lipinski definition) is 6. The number of hydrogen-bond acceptors (Lipinski definition) is 6. The Kier molecular flexibility index (Phi) is 6.96. The SMILES string of the molecule is CC(=O)NCCNC1CC(C)=NC(NC(=O)Nc2ccc3c(c2)CNCC3)N1. The number of amides is 3. The van der Waals surface area contributed by atoms with Crippen LogP contribution in [0.4, 0.5) is 10.5 Å². The Morgan fingerprint density at radius 1 is 1.25 bits per heavy atom. The van der Waals surface area contributed by atoms with Crippen molar-refractivity contribution < 1.29 is 9.59 Å². The van der Waals surface area contributed by atoms with Crippen LogP contribution in [0, 0.1) is 0 Å². The summed E-state index contributed by atoms with van der Waals surface area (Å²) < 4.78 is 0. The number of nitrogens with one attached hydrogen (secondary N) is 6. The fraction of sp³-hybridized carbons (Fsp3) is 0.526. The Labute approximate surface area is 165 Å². The molecule has 3 amide bonds. The molecule has 0 aliphatic carbocycles. The van der Waals surface area contributed by atoms with Crippen molar-refractivity contribution in [1.82, 2.24) is 26.6 Å². The predicted octanol–water partition coefficient (Wildman–Crippen LogP) is 0.243. The summed E-state index contributed by atoms with van der Waals surface area (Å²) in [6, 6.07) is 5.70. The lowest BCUT2D eigenvalue weighted by Crippen LogP contribution is -2.58. The van der Waals surface area contributed by atoms with E-state index in [4.69, 9.17) is 0 Å². The van der Waals surface area contributed by atoms with Crippen molar-refractivity contribution in [2.45, 2.75) is 45.7 Å². The summed E-state index contributed by atoms with van der Waals surface area (Å²) in [7, 11) is 0. The van der Waals surface area contributed by atoms with Gasteiger partial charge in [-0.1, -0.05) is 6.07 Å². The number of benzene rings is 1. The fourth-order valence-electron chi connectivity index (χ4n) is 3.39. The van der Waals surface area contributed by atoms with E-state index in [-0.39, 0.29) is 18.1 Å². The highest BCUT2D eigenvalue weighted by Gasteiger charge is 2.22. The molecule has 9 nitrogen and oxygen atoms in total. The molecular formula is C19H29N7O2. The molecule has 0 bridgehead atoms. The third-order valence-electron chi connectivity index (χ3n) is 4.72. The number of aliphatic imine (C=N–C) groups is 1. The summed E-state index contributed by atoms with van der Waals surface area (Å²) in [6.45, 7) is 6.43. The minimum atomic E-state index is -0.508. The van der Waals surface area contributed by atoms with Gasteiger partial charge in [0.1, 0.15) is 0 Å². The number of urea groups is 1. The molecule has 28 heavy (non-hydrogen) atoms. The maximum Gasteiger partial charge on any atom is 0.321 e. The molecule has 0 spiro atoms. The molecule has 2 aliphatic heterocycles. The highest BCUT2D eigenvalue weighted by Crippen LogP contribution is 2.19. The maximum absolute atomic E-state index is 12.4. The first-order valence-electron chi connectivity index (χ1n) is 9.67. The summed E-state index contributed by atoms with van der Waals surface area (Å²) >= 11 is 0. The Morgan fingerprint density at radius 2 is 2.11 bits per heavy atom. The maximum atomic E-state index is 12.4. The zero-order chi connectivity index (χ0) is 19.9. The van der Waals surface area contributed by atoms with Gasteiger partial charge in [0, 0.05) is 44.4 Å². The standard InChI is InChI=1S/C19H29N7O2/c1-12-9-17(22-8-7-21-13(2)27)25-18(23-12)26-19(28)24-16-4-3-14-5-6-20-11-15(14)10-16/h3-4,10,17-18,20,22,25H,5-9,11H2,1-2H3,(H,21,27)(H2,24,26,28). The fourth-order valence-corrected chi connectivity index (χ4v) is 3.39. The average Bonchev–Trinajstić information content (AvgIpc) is 2.64. The lowest BCUT2D eigenvalue weighted by molar-refractivity contribution is -0.118. The number of nitrogens with zero attached hydrogens (tertiary/aromatic N) is 1. The van der Waals surface area contributed by atoms with Crippen LogP contribution in [0.1, 0.15) is 31.4 Å². The normalized spacial score (nSPS) is 21.3. The van der Waals surface area contributed by atoms with Crippen LogP contribution in [0.5, 0.6) is 0 Å². The van der Waals surface area contributed by atoms with Crippen LogP contribution in [0.3, 0.4) is 0 Å². The van der Waals surface area contributed by atoms with Gasteiger partial charge in [-0.25, -0.2) is 4.79 Å². The van der Waals surface area contributed by atoms with E-state index in [0.717, 1.165) is 37.3 Å². The Bertz CT molecular complexity index is 750. The van der Waals surface area contributed by atoms with Crippen molar-refractivity contribution in [1.29, 1.82) is 0 Å². The first-order chi connectivity index (χ1) is 13.5. The van der Waals surface area contributed by atoms with E-state index in [1.807, 2.05) is 19.1 Å². The molecule has 6 N–H and O–H groups in total. The summed E-state index contributed by atoms with van der Waals surface area (Å²) in [5.74, 6) is -0.0506. The average molecular weight is 387 g/mol.